The van der Waals surface area contributed by atoms with Crippen LogP contribution >= 0.6 is 7.60 Å². The van der Waals surface area contributed by atoms with Gasteiger partial charge in [-0.15, -0.1) is 4.57 Å². The maximum Gasteiger partial charge on any atom is 0.389 e. The van der Waals surface area contributed by atoms with Crippen LogP contribution in [0.3, 0.4) is 0 Å². The Morgan fingerprint density at radius 2 is 1.61 bits per heavy atom. The van der Waals surface area contributed by atoms with E-state index in [-0.39, 0.29) is 31.5 Å². The van der Waals surface area contributed by atoms with E-state index in [9.17, 15) is 9.36 Å². The van der Waals surface area contributed by atoms with Crippen LogP contribution < -0.4 is 17.0 Å². The molecular weight excluding hydrogens is 439 g/mol. The van der Waals surface area contributed by atoms with E-state index in [1.807, 2.05) is 60.6 Å². The van der Waals surface area contributed by atoms with Crippen molar-refractivity contribution in [2.45, 2.75) is 86.7 Å². The monoisotopic (exact) mass is 478 g/mol. The number of halogens is 1. The van der Waals surface area contributed by atoms with Gasteiger partial charge in [-0.1, -0.05) is 20.8 Å². The quantitative estimate of drug-likeness (QED) is 0.308. The Labute approximate surface area is 194 Å². The molecule has 0 saturated heterocycles. The van der Waals surface area contributed by atoms with E-state index in [0.29, 0.717) is 5.69 Å². The van der Waals surface area contributed by atoms with E-state index in [1.54, 1.807) is 35.7 Å². The Bertz CT molecular complexity index is 751. The molecule has 0 radical (unpaired) electrons. The second-order valence-electron chi connectivity index (χ2n) is 9.37. The van der Waals surface area contributed by atoms with Crippen LogP contribution in [0.2, 0.25) is 0 Å². The van der Waals surface area contributed by atoms with Gasteiger partial charge in [0.15, 0.2) is 12.3 Å². The SMILES string of the molecule is CCOP(=O)(OCC)C(N(OC(C)c1cccc[n+]1C(C)=O)C(C)(C)C)C(C)(C)C.[Cl-]. The normalized spacial score (nSPS) is 14.8. The molecule has 0 N–H and O–H groups in total. The van der Waals surface area contributed by atoms with Crippen LogP contribution in [0.5, 0.6) is 0 Å². The predicted octanol–water partition coefficient (Wildman–Crippen LogP) is 2.37. The van der Waals surface area contributed by atoms with Crippen molar-refractivity contribution in [2.24, 2.45) is 5.41 Å². The molecule has 0 saturated carbocycles. The van der Waals surface area contributed by atoms with Gasteiger partial charge >= 0.3 is 13.5 Å². The third kappa shape index (κ3) is 7.92. The standard InChI is InChI=1S/C22H40N2O5P.ClH/c1-11-27-30(26,28-12-2)20(21(5,6)7)24(22(8,9)10)29-17(3)19-15-13-14-16-23(19)18(4)25;/h13-17,20H,11-12H2,1-10H3;1H/q+1;/p-1. The van der Waals surface area contributed by atoms with Crippen molar-refractivity contribution in [3.8, 4) is 0 Å². The molecule has 180 valence electrons. The topological polar surface area (TPSA) is 69.0 Å². The molecule has 0 aromatic carbocycles. The summed E-state index contributed by atoms with van der Waals surface area (Å²) in [7, 11) is -3.56. The molecule has 1 heterocycles. The van der Waals surface area contributed by atoms with E-state index in [2.05, 4.69) is 0 Å². The van der Waals surface area contributed by atoms with Crippen molar-refractivity contribution in [1.82, 2.24) is 5.06 Å². The summed E-state index contributed by atoms with van der Waals surface area (Å²) in [5.74, 6) is -0.771. The van der Waals surface area contributed by atoms with Crippen LogP contribution in [0.4, 0.5) is 0 Å². The number of hydrogen-bond acceptors (Lipinski definition) is 6. The molecule has 0 amide bonds. The van der Waals surface area contributed by atoms with Gasteiger partial charge in [0.2, 0.25) is 5.69 Å². The molecule has 0 fully saturated rings. The van der Waals surface area contributed by atoms with Crippen LogP contribution in [0, 0.1) is 5.41 Å². The van der Waals surface area contributed by atoms with Crippen molar-refractivity contribution < 1.29 is 40.2 Å². The lowest BCUT2D eigenvalue weighted by Crippen LogP contribution is -3.00. The van der Waals surface area contributed by atoms with Crippen molar-refractivity contribution in [1.29, 1.82) is 0 Å². The zero-order valence-electron chi connectivity index (χ0n) is 20.6. The summed E-state index contributed by atoms with van der Waals surface area (Å²) in [5.41, 5.74) is -0.305. The third-order valence-electron chi connectivity index (χ3n) is 4.49. The first-order valence-corrected chi connectivity index (χ1v) is 12.2. The highest BCUT2D eigenvalue weighted by Gasteiger charge is 2.52. The van der Waals surface area contributed by atoms with Crippen LogP contribution in [-0.4, -0.2) is 35.5 Å². The van der Waals surface area contributed by atoms with Gasteiger partial charge in [-0.2, -0.15) is 5.06 Å². The zero-order valence-corrected chi connectivity index (χ0v) is 22.3. The molecule has 0 bridgehead atoms. The summed E-state index contributed by atoms with van der Waals surface area (Å²) in [6.45, 7) is 19.5. The Balaban J connectivity index is 0.00000900. The summed E-state index contributed by atoms with van der Waals surface area (Å²) in [4.78, 5) is 18.5. The first-order valence-electron chi connectivity index (χ1n) is 10.6. The van der Waals surface area contributed by atoms with Crippen LogP contribution in [-0.2, 0) is 18.5 Å². The molecule has 1 rings (SSSR count). The maximum atomic E-state index is 13.9. The first-order chi connectivity index (χ1) is 13.7. The van der Waals surface area contributed by atoms with E-state index >= 15 is 0 Å². The summed E-state index contributed by atoms with van der Waals surface area (Å²) in [5, 5.41) is 1.74. The van der Waals surface area contributed by atoms with Gasteiger partial charge in [-0.05, 0) is 53.0 Å². The summed E-state index contributed by atoms with van der Waals surface area (Å²) in [6.07, 6.45) is 1.24. The van der Waals surface area contributed by atoms with Crippen LogP contribution in [0.15, 0.2) is 24.4 Å². The second-order valence-corrected chi connectivity index (χ2v) is 11.5. The maximum absolute atomic E-state index is 13.9. The van der Waals surface area contributed by atoms with E-state index in [4.69, 9.17) is 13.9 Å². The smallest absolute Gasteiger partial charge is 0.389 e. The van der Waals surface area contributed by atoms with Gasteiger partial charge in [0, 0.05) is 17.7 Å². The van der Waals surface area contributed by atoms with Gasteiger partial charge in [0.25, 0.3) is 0 Å². The summed E-state index contributed by atoms with van der Waals surface area (Å²) < 4.78 is 26.9. The Morgan fingerprint density at radius 1 is 1.10 bits per heavy atom. The molecule has 1 aromatic heterocycles. The first kappa shape index (κ1) is 30.2. The minimum Gasteiger partial charge on any atom is -1.00 e. The molecule has 2 unspecified atom stereocenters. The molecule has 9 heteroatoms. The molecule has 0 aliphatic rings. The van der Waals surface area contributed by atoms with Crippen molar-refractivity contribution in [3.63, 3.8) is 0 Å². The number of aromatic nitrogens is 1. The molecule has 0 spiro atoms. The Kier molecular flexibility index (Phi) is 11.6. The minimum atomic E-state index is -3.56. The fraction of sp³-hybridized carbons (Fsp3) is 0.727. The number of nitrogens with zero attached hydrogens (tertiary/aromatic N) is 2. The van der Waals surface area contributed by atoms with Gasteiger partial charge in [0.05, 0.1) is 20.1 Å². The summed E-state index contributed by atoms with van der Waals surface area (Å²) in [6, 6.07) is 5.52. The highest BCUT2D eigenvalue weighted by molar-refractivity contribution is 7.54. The van der Waals surface area contributed by atoms with E-state index in [0.717, 1.165) is 0 Å². The summed E-state index contributed by atoms with van der Waals surface area (Å²) >= 11 is 0. The average Bonchev–Trinajstić information content (AvgIpc) is 2.59. The number of carbonyl (C=O) groups excluding carboxylic acids is 1. The van der Waals surface area contributed by atoms with E-state index < -0.39 is 30.4 Å². The van der Waals surface area contributed by atoms with Gasteiger partial charge < -0.3 is 21.5 Å². The lowest BCUT2D eigenvalue weighted by atomic mass is 9.94. The lowest BCUT2D eigenvalue weighted by molar-refractivity contribution is -0.588. The number of hydroxylamine groups is 2. The third-order valence-corrected chi connectivity index (χ3v) is 7.31. The molecule has 2 atom stereocenters. The zero-order chi connectivity index (χ0) is 23.3. The van der Waals surface area contributed by atoms with Gasteiger partial charge in [0.1, 0.15) is 5.78 Å². The highest BCUT2D eigenvalue weighted by atomic mass is 35.5. The number of pyridine rings is 1. The minimum absolute atomic E-state index is 0. The Morgan fingerprint density at radius 3 is 2.00 bits per heavy atom. The lowest BCUT2D eigenvalue weighted by Gasteiger charge is -2.47. The number of hydrogen-bond donors (Lipinski definition) is 0. The van der Waals surface area contributed by atoms with Gasteiger partial charge in [-0.3, -0.25) is 9.40 Å². The van der Waals surface area contributed by atoms with Crippen molar-refractivity contribution in [3.05, 3.63) is 30.1 Å². The highest BCUT2D eigenvalue weighted by Crippen LogP contribution is 2.61. The molecular formula is C22H40ClN2O5P. The fourth-order valence-electron chi connectivity index (χ4n) is 3.37. The fourth-order valence-corrected chi connectivity index (χ4v) is 6.06. The van der Waals surface area contributed by atoms with Crippen molar-refractivity contribution >= 4 is 13.5 Å². The number of rotatable bonds is 9. The average molecular weight is 479 g/mol. The van der Waals surface area contributed by atoms with E-state index in [1.165, 1.54) is 6.92 Å². The van der Waals surface area contributed by atoms with Crippen molar-refractivity contribution in [2.75, 3.05) is 13.2 Å². The van der Waals surface area contributed by atoms with Crippen LogP contribution in [0.25, 0.3) is 0 Å². The molecule has 7 nitrogen and oxygen atoms in total. The second kappa shape index (κ2) is 11.9. The molecule has 31 heavy (non-hydrogen) atoms. The Hall–Kier alpha value is -0.820. The van der Waals surface area contributed by atoms with Gasteiger partial charge in [-0.25, -0.2) is 4.79 Å². The number of carbonyl (C=O) groups is 1. The molecule has 0 aliphatic carbocycles. The van der Waals surface area contributed by atoms with Crippen LogP contribution in [0.1, 0.15) is 85.8 Å². The molecule has 0 aliphatic heterocycles. The molecule has 1 aromatic rings. The largest absolute Gasteiger partial charge is 1.00 e. The predicted molar refractivity (Wildman–Crippen MR) is 118 cm³/mol.